The van der Waals surface area contributed by atoms with Crippen LogP contribution in [0.4, 0.5) is 13.2 Å². The maximum Gasteiger partial charge on any atom is 0.416 e. The summed E-state index contributed by atoms with van der Waals surface area (Å²) in [5.41, 5.74) is 0.786. The second-order valence-corrected chi connectivity index (χ2v) is 6.58. The van der Waals surface area contributed by atoms with E-state index in [-0.39, 0.29) is 6.10 Å². The van der Waals surface area contributed by atoms with Crippen LogP contribution in [0.5, 0.6) is 0 Å². The van der Waals surface area contributed by atoms with Crippen LogP contribution in [0.3, 0.4) is 0 Å². The number of alkyl halides is 3. The van der Waals surface area contributed by atoms with Gasteiger partial charge in [0, 0.05) is 24.9 Å². The van der Waals surface area contributed by atoms with E-state index in [9.17, 15) is 13.2 Å². The van der Waals surface area contributed by atoms with Gasteiger partial charge in [-0.1, -0.05) is 0 Å². The van der Waals surface area contributed by atoms with Crippen LogP contribution in [0, 0.1) is 0 Å². The number of nitrogens with zero attached hydrogens (tertiary/aromatic N) is 4. The van der Waals surface area contributed by atoms with Crippen LogP contribution in [0.25, 0.3) is 5.69 Å². The molecule has 0 spiro atoms. The molecule has 1 saturated heterocycles. The van der Waals surface area contributed by atoms with E-state index in [1.807, 2.05) is 0 Å². The van der Waals surface area contributed by atoms with Crippen molar-refractivity contribution in [3.63, 3.8) is 0 Å². The molecular formula is C18H19F3N6O. The summed E-state index contributed by atoms with van der Waals surface area (Å²) in [5, 5.41) is 14.5. The Balaban J connectivity index is 1.31. The second kappa shape index (κ2) is 7.72. The first-order valence-corrected chi connectivity index (χ1v) is 8.94. The molecule has 1 aliphatic rings. The normalized spacial score (nSPS) is 17.3. The molecule has 1 fully saturated rings. The maximum atomic E-state index is 12.6. The van der Waals surface area contributed by atoms with E-state index >= 15 is 0 Å². The largest absolute Gasteiger partial charge is 0.416 e. The van der Waals surface area contributed by atoms with Crippen molar-refractivity contribution < 1.29 is 17.9 Å². The summed E-state index contributed by atoms with van der Waals surface area (Å²) in [6.07, 6.45) is 1.04. The van der Waals surface area contributed by atoms with Gasteiger partial charge in [-0.15, -0.1) is 0 Å². The molecule has 1 atom stereocenters. The Bertz CT molecular complexity index is 912. The summed E-state index contributed by atoms with van der Waals surface area (Å²) in [7, 11) is 0. The van der Waals surface area contributed by atoms with Gasteiger partial charge in [0.15, 0.2) is 5.82 Å². The predicted molar refractivity (Wildman–Crippen MR) is 93.4 cm³/mol. The third kappa shape index (κ3) is 4.23. The molecule has 1 aromatic carbocycles. The number of rotatable bonds is 6. The Morgan fingerprint density at radius 3 is 2.75 bits per heavy atom. The fourth-order valence-electron chi connectivity index (χ4n) is 3.04. The van der Waals surface area contributed by atoms with Gasteiger partial charge in [-0.3, -0.25) is 5.10 Å². The number of hydrogen-bond acceptors (Lipinski definition) is 5. The van der Waals surface area contributed by atoms with E-state index in [1.165, 1.54) is 12.1 Å². The lowest BCUT2D eigenvalue weighted by Crippen LogP contribution is -2.13. The van der Waals surface area contributed by atoms with E-state index < -0.39 is 11.7 Å². The summed E-state index contributed by atoms with van der Waals surface area (Å²) in [6.45, 7) is 1.79. The van der Waals surface area contributed by atoms with Crippen molar-refractivity contribution >= 4 is 0 Å². The second-order valence-electron chi connectivity index (χ2n) is 6.58. The van der Waals surface area contributed by atoms with Gasteiger partial charge in [0.2, 0.25) is 0 Å². The quantitative estimate of drug-likeness (QED) is 0.674. The molecule has 0 aliphatic carbocycles. The Morgan fingerprint density at radius 2 is 2.04 bits per heavy atom. The number of benzene rings is 1. The summed E-state index contributed by atoms with van der Waals surface area (Å²) in [5.74, 6) is 1.41. The van der Waals surface area contributed by atoms with Crippen molar-refractivity contribution in [3.05, 3.63) is 59.4 Å². The van der Waals surface area contributed by atoms with Crippen molar-refractivity contribution in [2.24, 2.45) is 0 Å². The lowest BCUT2D eigenvalue weighted by Gasteiger charge is -2.07. The Kier molecular flexibility index (Phi) is 5.14. The van der Waals surface area contributed by atoms with E-state index in [1.54, 1.807) is 17.1 Å². The molecule has 0 saturated carbocycles. The number of aromatic amines is 1. The van der Waals surface area contributed by atoms with Gasteiger partial charge in [-0.25, -0.2) is 9.67 Å². The third-order valence-corrected chi connectivity index (χ3v) is 4.48. The van der Waals surface area contributed by atoms with Crippen molar-refractivity contribution in [2.45, 2.75) is 38.2 Å². The van der Waals surface area contributed by atoms with E-state index in [2.05, 4.69) is 25.6 Å². The maximum absolute atomic E-state index is 12.6. The number of hydrogen-bond donors (Lipinski definition) is 2. The van der Waals surface area contributed by atoms with Crippen LogP contribution in [0.1, 0.15) is 41.7 Å². The molecule has 1 aliphatic heterocycles. The van der Waals surface area contributed by atoms with Gasteiger partial charge in [0.1, 0.15) is 11.9 Å². The lowest BCUT2D eigenvalue weighted by atomic mass is 10.2. The number of H-pyrrole nitrogens is 1. The van der Waals surface area contributed by atoms with Crippen molar-refractivity contribution in [1.29, 1.82) is 0 Å². The standard InChI is InChI=1S/C18H19F3N6O/c19-18(20,21)13-3-5-14(6-4-13)27-11-12(9-23-27)8-22-10-16-24-17(26-25-16)15-2-1-7-28-15/h3-6,9,11,15,22H,1-2,7-8,10H2,(H,24,25,26). The van der Waals surface area contributed by atoms with Crippen molar-refractivity contribution in [1.82, 2.24) is 30.3 Å². The topological polar surface area (TPSA) is 80.6 Å². The zero-order valence-corrected chi connectivity index (χ0v) is 14.9. The monoisotopic (exact) mass is 392 g/mol. The van der Waals surface area contributed by atoms with Crippen LogP contribution in [-0.2, 0) is 24.0 Å². The average Bonchev–Trinajstić information content (AvgIpc) is 3.43. The van der Waals surface area contributed by atoms with Gasteiger partial charge in [-0.2, -0.15) is 23.4 Å². The molecule has 2 N–H and O–H groups in total. The average molecular weight is 392 g/mol. The predicted octanol–water partition coefficient (Wildman–Crippen LogP) is 3.15. The zero-order valence-electron chi connectivity index (χ0n) is 14.9. The Labute approximate surface area is 158 Å². The molecule has 0 bridgehead atoms. The number of ether oxygens (including phenoxy) is 1. The molecule has 28 heavy (non-hydrogen) atoms. The number of nitrogens with one attached hydrogen (secondary N) is 2. The Morgan fingerprint density at radius 1 is 1.21 bits per heavy atom. The molecule has 10 heteroatoms. The molecule has 2 aromatic heterocycles. The molecule has 1 unspecified atom stereocenters. The highest BCUT2D eigenvalue weighted by atomic mass is 19.4. The highest BCUT2D eigenvalue weighted by Crippen LogP contribution is 2.29. The molecule has 148 valence electrons. The first-order chi connectivity index (χ1) is 13.5. The highest BCUT2D eigenvalue weighted by molar-refractivity contribution is 5.35. The summed E-state index contributed by atoms with van der Waals surface area (Å²) < 4.78 is 45.0. The van der Waals surface area contributed by atoms with Crippen LogP contribution in [0.2, 0.25) is 0 Å². The number of halogens is 3. The fraction of sp³-hybridized carbons (Fsp3) is 0.389. The lowest BCUT2D eigenvalue weighted by molar-refractivity contribution is -0.137. The van der Waals surface area contributed by atoms with E-state index in [0.29, 0.717) is 24.6 Å². The minimum Gasteiger partial charge on any atom is -0.370 e. The van der Waals surface area contributed by atoms with Crippen molar-refractivity contribution in [3.8, 4) is 5.69 Å². The fourth-order valence-corrected chi connectivity index (χ4v) is 3.04. The first kappa shape index (κ1) is 18.6. The summed E-state index contributed by atoms with van der Waals surface area (Å²) in [4.78, 5) is 4.44. The molecule has 3 heterocycles. The smallest absolute Gasteiger partial charge is 0.370 e. The minimum absolute atomic E-state index is 0.0213. The van der Waals surface area contributed by atoms with Gasteiger partial charge in [-0.05, 0) is 37.1 Å². The van der Waals surface area contributed by atoms with Crippen molar-refractivity contribution in [2.75, 3.05) is 6.61 Å². The van der Waals surface area contributed by atoms with Crippen LogP contribution >= 0.6 is 0 Å². The van der Waals surface area contributed by atoms with Crippen LogP contribution in [-0.4, -0.2) is 31.6 Å². The minimum atomic E-state index is -4.35. The summed E-state index contributed by atoms with van der Waals surface area (Å²) in [6, 6.07) is 4.89. The first-order valence-electron chi connectivity index (χ1n) is 8.94. The zero-order chi connectivity index (χ0) is 19.6. The SMILES string of the molecule is FC(F)(F)c1ccc(-n2cc(CNCc3nc(C4CCCO4)n[nH]3)cn2)cc1. The molecule has 4 rings (SSSR count). The molecule has 3 aromatic rings. The summed E-state index contributed by atoms with van der Waals surface area (Å²) >= 11 is 0. The Hall–Kier alpha value is -2.72. The van der Waals surface area contributed by atoms with Gasteiger partial charge >= 0.3 is 6.18 Å². The van der Waals surface area contributed by atoms with E-state index in [0.717, 1.165) is 43.0 Å². The van der Waals surface area contributed by atoms with Gasteiger partial charge in [0.05, 0.1) is 24.0 Å². The van der Waals surface area contributed by atoms with Crippen LogP contribution < -0.4 is 5.32 Å². The highest BCUT2D eigenvalue weighted by Gasteiger charge is 2.30. The molecular weight excluding hydrogens is 373 g/mol. The van der Waals surface area contributed by atoms with Gasteiger partial charge in [0.25, 0.3) is 0 Å². The number of aromatic nitrogens is 5. The molecule has 0 amide bonds. The van der Waals surface area contributed by atoms with Crippen LogP contribution in [0.15, 0.2) is 36.7 Å². The molecule has 7 nitrogen and oxygen atoms in total. The molecule has 0 radical (unpaired) electrons. The van der Waals surface area contributed by atoms with Gasteiger partial charge < -0.3 is 10.1 Å². The third-order valence-electron chi connectivity index (χ3n) is 4.48. The van der Waals surface area contributed by atoms with E-state index in [4.69, 9.17) is 4.74 Å².